The van der Waals surface area contributed by atoms with Gasteiger partial charge in [0.2, 0.25) is 11.8 Å². The number of carbonyl (C=O) groups excluding carboxylic acids is 2. The molecule has 0 radical (unpaired) electrons. The van der Waals surface area contributed by atoms with Gasteiger partial charge in [-0.1, -0.05) is 65.0 Å². The Morgan fingerprint density at radius 2 is 1.73 bits per heavy atom. The van der Waals surface area contributed by atoms with E-state index in [0.717, 1.165) is 37.8 Å². The summed E-state index contributed by atoms with van der Waals surface area (Å²) in [4.78, 5) is 26.8. The molecule has 26 heavy (non-hydrogen) atoms. The van der Waals surface area contributed by atoms with E-state index in [9.17, 15) is 9.59 Å². The highest BCUT2D eigenvalue weighted by Crippen LogP contribution is 2.35. The minimum Gasteiger partial charge on any atom is -0.274 e. The predicted octanol–water partition coefficient (Wildman–Crippen LogP) is 5.75. The molecule has 1 heterocycles. The number of unbranched alkanes of at least 4 members (excludes halogenated alkanes) is 2. The average Bonchev–Trinajstić information content (AvgIpc) is 2.90. The largest absolute Gasteiger partial charge is 0.274 e. The van der Waals surface area contributed by atoms with Crippen LogP contribution in [0.25, 0.3) is 0 Å². The van der Waals surface area contributed by atoms with Crippen molar-refractivity contribution >= 4 is 29.3 Å². The summed E-state index contributed by atoms with van der Waals surface area (Å²) in [7, 11) is 0. The van der Waals surface area contributed by atoms with Crippen molar-refractivity contribution in [3.05, 3.63) is 29.8 Å². The molecule has 0 aliphatic carbocycles. The van der Waals surface area contributed by atoms with Gasteiger partial charge in [0, 0.05) is 11.7 Å². The van der Waals surface area contributed by atoms with Gasteiger partial charge in [-0.25, -0.2) is 4.90 Å². The maximum atomic E-state index is 12.9. The van der Waals surface area contributed by atoms with E-state index in [1.807, 2.05) is 24.3 Å². The lowest BCUT2D eigenvalue weighted by Gasteiger charge is -2.20. The lowest BCUT2D eigenvalue weighted by atomic mass is 10.1. The highest BCUT2D eigenvalue weighted by atomic mass is 32.2. The molecule has 2 amide bonds. The maximum Gasteiger partial charge on any atom is 0.247 e. The van der Waals surface area contributed by atoms with Crippen LogP contribution in [0.5, 0.6) is 0 Å². The van der Waals surface area contributed by atoms with Crippen molar-refractivity contribution in [3.8, 4) is 0 Å². The smallest absolute Gasteiger partial charge is 0.247 e. The number of carbonyl (C=O) groups is 2. The molecule has 1 aromatic carbocycles. The summed E-state index contributed by atoms with van der Waals surface area (Å²) in [6.45, 7) is 6.56. The summed E-state index contributed by atoms with van der Waals surface area (Å²) >= 11 is 1.74. The van der Waals surface area contributed by atoms with E-state index in [1.54, 1.807) is 11.8 Å². The van der Waals surface area contributed by atoms with Crippen molar-refractivity contribution in [2.75, 3.05) is 4.90 Å². The molecule has 144 valence electrons. The Balaban J connectivity index is 2.02. The van der Waals surface area contributed by atoms with Gasteiger partial charge in [0.25, 0.3) is 0 Å². The third kappa shape index (κ3) is 5.60. The van der Waals surface area contributed by atoms with Gasteiger partial charge in [-0.05, 0) is 37.0 Å². The Morgan fingerprint density at radius 1 is 1.00 bits per heavy atom. The highest BCUT2D eigenvalue weighted by molar-refractivity contribution is 8.01. The zero-order chi connectivity index (χ0) is 18.9. The lowest BCUT2D eigenvalue weighted by molar-refractivity contribution is -0.121. The molecule has 0 aromatic heterocycles. The molecule has 0 N–H and O–H groups in total. The van der Waals surface area contributed by atoms with E-state index >= 15 is 0 Å². The van der Waals surface area contributed by atoms with E-state index in [0.29, 0.717) is 11.7 Å². The molecule has 1 aliphatic heterocycles. The first-order valence-corrected chi connectivity index (χ1v) is 11.2. The van der Waals surface area contributed by atoms with Gasteiger partial charge in [-0.3, -0.25) is 9.59 Å². The fourth-order valence-corrected chi connectivity index (χ4v) is 5.14. The summed E-state index contributed by atoms with van der Waals surface area (Å²) in [5.41, 5.74) is 1.97. The van der Waals surface area contributed by atoms with E-state index < -0.39 is 0 Å². The van der Waals surface area contributed by atoms with Crippen molar-refractivity contribution in [1.29, 1.82) is 0 Å². The Morgan fingerprint density at radius 3 is 2.35 bits per heavy atom. The standard InChI is InChI=1S/C22H33NO2S/c1-4-7-8-11-19(10-6-3)26-20-16-21(24)23(22(20)25)18-14-12-17(9-5-2)13-15-18/h12-15,19-20H,4-11,16H2,1-3H3. The topological polar surface area (TPSA) is 37.4 Å². The zero-order valence-corrected chi connectivity index (χ0v) is 17.3. The van der Waals surface area contributed by atoms with Crippen LogP contribution in [0.1, 0.15) is 77.7 Å². The van der Waals surface area contributed by atoms with Gasteiger partial charge in [0.1, 0.15) is 0 Å². The molecule has 3 nitrogen and oxygen atoms in total. The molecular weight excluding hydrogens is 342 g/mol. The van der Waals surface area contributed by atoms with Crippen LogP contribution in [-0.4, -0.2) is 22.3 Å². The molecule has 2 atom stereocenters. The van der Waals surface area contributed by atoms with Crippen molar-refractivity contribution in [3.63, 3.8) is 0 Å². The molecule has 0 saturated carbocycles. The second-order valence-corrected chi connectivity index (χ2v) is 8.73. The summed E-state index contributed by atoms with van der Waals surface area (Å²) in [5, 5.41) is 0.274. The average molecular weight is 376 g/mol. The Kier molecular flexibility index (Phi) is 8.70. The molecule has 4 heteroatoms. The number of hydrogen-bond donors (Lipinski definition) is 0. The van der Waals surface area contributed by atoms with Gasteiger partial charge < -0.3 is 0 Å². The first-order chi connectivity index (χ1) is 12.6. The third-order valence-corrected chi connectivity index (χ3v) is 6.49. The number of anilines is 1. The van der Waals surface area contributed by atoms with Gasteiger partial charge in [-0.2, -0.15) is 0 Å². The Hall–Kier alpha value is -1.29. The van der Waals surface area contributed by atoms with Gasteiger partial charge in [0.05, 0.1) is 10.9 Å². The monoisotopic (exact) mass is 375 g/mol. The SMILES string of the molecule is CCCCCC(CCC)SC1CC(=O)N(c2ccc(CCC)cc2)C1=O. The quantitative estimate of drug-likeness (QED) is 0.365. The fraction of sp³-hybridized carbons (Fsp3) is 0.636. The van der Waals surface area contributed by atoms with Crippen molar-refractivity contribution in [2.45, 2.75) is 89.1 Å². The molecule has 1 fully saturated rings. The van der Waals surface area contributed by atoms with Crippen molar-refractivity contribution in [2.24, 2.45) is 0 Å². The van der Waals surface area contributed by atoms with Crippen LogP contribution in [0.3, 0.4) is 0 Å². The molecular formula is C22H33NO2S. The number of rotatable bonds is 11. The minimum absolute atomic E-state index is 0.0279. The van der Waals surface area contributed by atoms with Gasteiger partial charge in [0.15, 0.2) is 0 Å². The normalized spacial score (nSPS) is 18.6. The predicted molar refractivity (Wildman–Crippen MR) is 112 cm³/mol. The van der Waals surface area contributed by atoms with Crippen LogP contribution in [0, 0.1) is 0 Å². The van der Waals surface area contributed by atoms with E-state index in [2.05, 4.69) is 20.8 Å². The number of aryl methyl sites for hydroxylation is 1. The van der Waals surface area contributed by atoms with Crippen LogP contribution >= 0.6 is 11.8 Å². The summed E-state index contributed by atoms with van der Waals surface area (Å²) in [6.07, 6.45) is 9.53. The Labute approximate surface area is 162 Å². The molecule has 2 unspecified atom stereocenters. The number of hydrogen-bond acceptors (Lipinski definition) is 3. The molecule has 0 bridgehead atoms. The van der Waals surface area contributed by atoms with Crippen LogP contribution in [-0.2, 0) is 16.0 Å². The number of amides is 2. The number of nitrogens with zero attached hydrogens (tertiary/aromatic N) is 1. The van der Waals surface area contributed by atoms with E-state index in [-0.39, 0.29) is 17.1 Å². The van der Waals surface area contributed by atoms with E-state index in [1.165, 1.54) is 29.7 Å². The molecule has 0 spiro atoms. The highest BCUT2D eigenvalue weighted by Gasteiger charge is 2.40. The summed E-state index contributed by atoms with van der Waals surface area (Å²) in [5.74, 6) is -0.0839. The molecule has 1 saturated heterocycles. The lowest BCUT2D eigenvalue weighted by Crippen LogP contribution is -2.31. The second-order valence-electron chi connectivity index (χ2n) is 7.22. The first-order valence-electron chi connectivity index (χ1n) is 10.2. The van der Waals surface area contributed by atoms with Crippen LogP contribution in [0.4, 0.5) is 5.69 Å². The number of benzene rings is 1. The Bertz CT molecular complexity index is 584. The third-order valence-electron chi connectivity index (χ3n) is 4.94. The summed E-state index contributed by atoms with van der Waals surface area (Å²) < 4.78 is 0. The van der Waals surface area contributed by atoms with E-state index in [4.69, 9.17) is 0 Å². The minimum atomic E-state index is -0.212. The van der Waals surface area contributed by atoms with Gasteiger partial charge >= 0.3 is 0 Å². The van der Waals surface area contributed by atoms with Crippen molar-refractivity contribution in [1.82, 2.24) is 0 Å². The van der Waals surface area contributed by atoms with Crippen LogP contribution in [0.2, 0.25) is 0 Å². The molecule has 2 rings (SSSR count). The number of thioether (sulfide) groups is 1. The second kappa shape index (κ2) is 10.8. The van der Waals surface area contributed by atoms with Crippen LogP contribution in [0.15, 0.2) is 24.3 Å². The molecule has 1 aromatic rings. The van der Waals surface area contributed by atoms with Crippen LogP contribution < -0.4 is 4.90 Å². The number of imide groups is 1. The maximum absolute atomic E-state index is 12.9. The summed E-state index contributed by atoms with van der Waals surface area (Å²) in [6, 6.07) is 7.90. The fourth-order valence-electron chi connectivity index (χ4n) is 3.54. The zero-order valence-electron chi connectivity index (χ0n) is 16.5. The first kappa shape index (κ1) is 21.0. The van der Waals surface area contributed by atoms with Crippen molar-refractivity contribution < 1.29 is 9.59 Å². The molecule has 1 aliphatic rings. The van der Waals surface area contributed by atoms with Gasteiger partial charge in [-0.15, -0.1) is 11.8 Å².